The fraction of sp³-hybridized carbons (Fsp3) is 0.353. The van der Waals surface area contributed by atoms with Crippen LogP contribution in [0.3, 0.4) is 0 Å². The second-order valence-corrected chi connectivity index (χ2v) is 4.86. The van der Waals surface area contributed by atoms with Gasteiger partial charge in [-0.05, 0) is 38.0 Å². The largest absolute Gasteiger partial charge is 0.370 e. The lowest BCUT2D eigenvalue weighted by molar-refractivity contribution is 0.965. The van der Waals surface area contributed by atoms with Crippen LogP contribution in [0, 0.1) is 6.92 Å². The van der Waals surface area contributed by atoms with Crippen LogP contribution >= 0.6 is 0 Å². The Hall–Kier alpha value is -2.03. The third kappa shape index (κ3) is 3.29. The Morgan fingerprint density at radius 3 is 2.65 bits per heavy atom. The molecule has 0 saturated carbocycles. The van der Waals surface area contributed by atoms with Gasteiger partial charge in [-0.1, -0.05) is 25.1 Å². The van der Waals surface area contributed by atoms with E-state index in [-0.39, 0.29) is 0 Å². The molecule has 2 aromatic rings. The molecule has 0 saturated heterocycles. The molecule has 0 unspecified atom stereocenters. The molecule has 0 atom stereocenters. The molecule has 2 rings (SSSR count). The molecule has 0 spiro atoms. The molecular formula is C17H23N3. The maximum atomic E-state index is 4.37. The van der Waals surface area contributed by atoms with Gasteiger partial charge in [0.2, 0.25) is 0 Å². The van der Waals surface area contributed by atoms with Gasteiger partial charge in [0.25, 0.3) is 0 Å². The summed E-state index contributed by atoms with van der Waals surface area (Å²) in [6, 6.07) is 12.7. The van der Waals surface area contributed by atoms with Crippen LogP contribution in [0.15, 0.2) is 42.6 Å². The van der Waals surface area contributed by atoms with Crippen LogP contribution in [-0.2, 0) is 0 Å². The van der Waals surface area contributed by atoms with Gasteiger partial charge in [0, 0.05) is 36.7 Å². The van der Waals surface area contributed by atoms with E-state index >= 15 is 0 Å². The van der Waals surface area contributed by atoms with E-state index in [4.69, 9.17) is 0 Å². The van der Waals surface area contributed by atoms with E-state index in [9.17, 15) is 0 Å². The normalized spacial score (nSPS) is 10.3. The van der Waals surface area contributed by atoms with Crippen LogP contribution in [0.4, 0.5) is 17.2 Å². The van der Waals surface area contributed by atoms with E-state index < -0.39 is 0 Å². The molecule has 1 N–H and O–H groups in total. The Balaban J connectivity index is 2.30. The van der Waals surface area contributed by atoms with E-state index in [1.165, 1.54) is 16.9 Å². The van der Waals surface area contributed by atoms with Crippen molar-refractivity contribution in [2.75, 3.05) is 23.3 Å². The standard InChI is InChI=1S/C17H23N3/c1-4-11-18-17-13-15(10-12-19-17)20(5-2)16-9-7-6-8-14(16)3/h6-10,12-13H,4-5,11H2,1-3H3,(H,18,19). The molecule has 0 aliphatic carbocycles. The number of pyridine rings is 1. The molecule has 3 heteroatoms. The van der Waals surface area contributed by atoms with E-state index in [1.807, 2.05) is 6.20 Å². The Kier molecular flexibility index (Phi) is 4.99. The minimum absolute atomic E-state index is 0.933. The third-order valence-corrected chi connectivity index (χ3v) is 3.33. The summed E-state index contributed by atoms with van der Waals surface area (Å²) in [6.07, 6.45) is 2.97. The number of rotatable bonds is 6. The first-order chi connectivity index (χ1) is 9.76. The maximum Gasteiger partial charge on any atom is 0.127 e. The summed E-state index contributed by atoms with van der Waals surface area (Å²) in [6.45, 7) is 8.36. The second-order valence-electron chi connectivity index (χ2n) is 4.86. The Morgan fingerprint density at radius 2 is 1.95 bits per heavy atom. The van der Waals surface area contributed by atoms with Crippen molar-refractivity contribution in [1.82, 2.24) is 4.98 Å². The van der Waals surface area contributed by atoms with Gasteiger partial charge in [0.05, 0.1) is 0 Å². The summed E-state index contributed by atoms with van der Waals surface area (Å²) in [4.78, 5) is 6.69. The number of hydrogen-bond acceptors (Lipinski definition) is 3. The van der Waals surface area contributed by atoms with Gasteiger partial charge in [0.1, 0.15) is 5.82 Å². The highest BCUT2D eigenvalue weighted by molar-refractivity contribution is 5.68. The maximum absolute atomic E-state index is 4.37. The zero-order chi connectivity index (χ0) is 14.4. The van der Waals surface area contributed by atoms with Crippen molar-refractivity contribution >= 4 is 17.2 Å². The molecule has 0 radical (unpaired) electrons. The summed E-state index contributed by atoms with van der Waals surface area (Å²) in [5.74, 6) is 0.941. The first-order valence-electron chi connectivity index (χ1n) is 7.29. The molecule has 0 aliphatic heterocycles. The van der Waals surface area contributed by atoms with Crippen LogP contribution in [0.1, 0.15) is 25.8 Å². The molecule has 3 nitrogen and oxygen atoms in total. The van der Waals surface area contributed by atoms with Gasteiger partial charge in [-0.3, -0.25) is 0 Å². The van der Waals surface area contributed by atoms with Gasteiger partial charge < -0.3 is 10.2 Å². The average Bonchev–Trinajstić information content (AvgIpc) is 2.48. The summed E-state index contributed by atoms with van der Waals surface area (Å²) >= 11 is 0. The van der Waals surface area contributed by atoms with E-state index in [1.54, 1.807) is 0 Å². The third-order valence-electron chi connectivity index (χ3n) is 3.33. The molecule has 0 amide bonds. The Labute approximate surface area is 121 Å². The fourth-order valence-electron chi connectivity index (χ4n) is 2.30. The van der Waals surface area contributed by atoms with Gasteiger partial charge in [-0.15, -0.1) is 0 Å². The summed E-state index contributed by atoms with van der Waals surface area (Å²) < 4.78 is 0. The molecule has 0 aliphatic rings. The minimum atomic E-state index is 0.933. The molecule has 0 bridgehead atoms. The van der Waals surface area contributed by atoms with E-state index in [0.717, 1.165) is 25.3 Å². The van der Waals surface area contributed by atoms with Crippen molar-refractivity contribution in [3.8, 4) is 0 Å². The zero-order valence-corrected chi connectivity index (χ0v) is 12.6. The van der Waals surface area contributed by atoms with Gasteiger partial charge in [-0.25, -0.2) is 4.98 Å². The summed E-state index contributed by atoms with van der Waals surface area (Å²) in [5, 5.41) is 3.34. The van der Waals surface area contributed by atoms with Gasteiger partial charge in [0.15, 0.2) is 0 Å². The minimum Gasteiger partial charge on any atom is -0.370 e. The van der Waals surface area contributed by atoms with E-state index in [0.29, 0.717) is 0 Å². The van der Waals surface area contributed by atoms with Crippen molar-refractivity contribution in [2.24, 2.45) is 0 Å². The van der Waals surface area contributed by atoms with Gasteiger partial charge in [-0.2, -0.15) is 0 Å². The van der Waals surface area contributed by atoms with Crippen LogP contribution in [0.25, 0.3) is 0 Å². The quantitative estimate of drug-likeness (QED) is 0.844. The highest BCUT2D eigenvalue weighted by Gasteiger charge is 2.10. The average molecular weight is 269 g/mol. The number of aryl methyl sites for hydroxylation is 1. The lowest BCUT2D eigenvalue weighted by atomic mass is 10.1. The number of nitrogens with zero attached hydrogens (tertiary/aromatic N) is 2. The first kappa shape index (κ1) is 14.4. The van der Waals surface area contributed by atoms with Crippen LogP contribution in [-0.4, -0.2) is 18.1 Å². The van der Waals surface area contributed by atoms with Crippen LogP contribution < -0.4 is 10.2 Å². The lowest BCUT2D eigenvalue weighted by Gasteiger charge is -2.25. The van der Waals surface area contributed by atoms with Crippen molar-refractivity contribution in [2.45, 2.75) is 27.2 Å². The number of anilines is 3. The summed E-state index contributed by atoms with van der Waals surface area (Å²) in [5.41, 5.74) is 3.72. The molecule has 20 heavy (non-hydrogen) atoms. The molecule has 106 valence electrons. The van der Waals surface area contributed by atoms with Crippen molar-refractivity contribution in [3.05, 3.63) is 48.2 Å². The molecule has 1 aromatic carbocycles. The van der Waals surface area contributed by atoms with Crippen LogP contribution in [0.2, 0.25) is 0 Å². The predicted molar refractivity (Wildman–Crippen MR) is 86.9 cm³/mol. The highest BCUT2D eigenvalue weighted by atomic mass is 15.1. The monoisotopic (exact) mass is 269 g/mol. The van der Waals surface area contributed by atoms with Crippen molar-refractivity contribution < 1.29 is 0 Å². The molecule has 0 fully saturated rings. The topological polar surface area (TPSA) is 28.2 Å². The smallest absolute Gasteiger partial charge is 0.127 e. The van der Waals surface area contributed by atoms with Gasteiger partial charge >= 0.3 is 0 Å². The summed E-state index contributed by atoms with van der Waals surface area (Å²) in [7, 11) is 0. The fourth-order valence-corrected chi connectivity index (χ4v) is 2.30. The first-order valence-corrected chi connectivity index (χ1v) is 7.29. The number of benzene rings is 1. The number of para-hydroxylation sites is 1. The molecule has 1 aromatic heterocycles. The predicted octanol–water partition coefficient (Wildman–Crippen LogP) is 4.37. The molecular weight excluding hydrogens is 246 g/mol. The second kappa shape index (κ2) is 6.94. The SMILES string of the molecule is CCCNc1cc(N(CC)c2ccccc2C)ccn1. The Bertz CT molecular complexity index is 551. The number of nitrogens with one attached hydrogen (secondary N) is 1. The zero-order valence-electron chi connectivity index (χ0n) is 12.6. The lowest BCUT2D eigenvalue weighted by Crippen LogP contribution is -2.17. The van der Waals surface area contributed by atoms with Crippen molar-refractivity contribution in [1.29, 1.82) is 0 Å². The Morgan fingerprint density at radius 1 is 1.15 bits per heavy atom. The number of aromatic nitrogens is 1. The van der Waals surface area contributed by atoms with Crippen molar-refractivity contribution in [3.63, 3.8) is 0 Å². The van der Waals surface area contributed by atoms with E-state index in [2.05, 4.69) is 72.4 Å². The molecule has 1 heterocycles. The highest BCUT2D eigenvalue weighted by Crippen LogP contribution is 2.28. The number of hydrogen-bond donors (Lipinski definition) is 1. The van der Waals surface area contributed by atoms with Crippen LogP contribution in [0.5, 0.6) is 0 Å².